The Bertz CT molecular complexity index is 729. The Balaban J connectivity index is 1.67. The van der Waals surface area contributed by atoms with Crippen molar-refractivity contribution in [2.24, 2.45) is 5.10 Å². The van der Waals surface area contributed by atoms with Crippen molar-refractivity contribution in [2.75, 3.05) is 12.4 Å². The molecule has 1 heterocycles. The average molecular weight is 311 g/mol. The fourth-order valence-electron chi connectivity index (χ4n) is 2.37. The summed E-state index contributed by atoms with van der Waals surface area (Å²) in [6.45, 7) is 0. The first-order valence-electron chi connectivity index (χ1n) is 7.18. The molecule has 6 heteroatoms. The Morgan fingerprint density at radius 2 is 1.91 bits per heavy atom. The molecule has 118 valence electrons. The highest BCUT2D eigenvalue weighted by molar-refractivity contribution is 6.43. The topological polar surface area (TPSA) is 83.0 Å². The second-order valence-electron chi connectivity index (χ2n) is 5.26. The van der Waals surface area contributed by atoms with E-state index >= 15 is 0 Å². The minimum absolute atomic E-state index is 0.0962. The van der Waals surface area contributed by atoms with E-state index in [0.29, 0.717) is 17.0 Å². The number of rotatable bonds is 4. The summed E-state index contributed by atoms with van der Waals surface area (Å²) in [5.74, 6) is 0.357. The summed E-state index contributed by atoms with van der Waals surface area (Å²) in [6, 6.07) is 16.1. The molecule has 3 N–H and O–H groups in total. The fraction of sp³-hybridized carbons (Fsp3) is 0.176. The Hall–Kier alpha value is -2.86. The molecular weight excluding hydrogens is 294 g/mol. The number of hydrazone groups is 1. The molecule has 0 radical (unpaired) electrons. The monoisotopic (exact) mass is 311 g/mol. The van der Waals surface area contributed by atoms with Gasteiger partial charge < -0.3 is 15.2 Å². The van der Waals surface area contributed by atoms with E-state index in [1.807, 2.05) is 18.2 Å². The van der Waals surface area contributed by atoms with Gasteiger partial charge in [0.2, 0.25) is 0 Å². The van der Waals surface area contributed by atoms with Crippen molar-refractivity contribution in [1.29, 1.82) is 0 Å². The summed E-state index contributed by atoms with van der Waals surface area (Å²) >= 11 is 0. The second kappa shape index (κ2) is 6.10. The average Bonchev–Trinajstić information content (AvgIpc) is 3.00. The molecule has 2 aromatic rings. The van der Waals surface area contributed by atoms with Crippen LogP contribution in [0.4, 0.5) is 5.69 Å². The SMILES string of the molecule is COc1ccc(NC(=O)C2=NNC(O)(c3ccccc3)C2)cc1. The van der Waals surface area contributed by atoms with Gasteiger partial charge in [-0.15, -0.1) is 0 Å². The van der Waals surface area contributed by atoms with E-state index in [2.05, 4.69) is 15.8 Å². The Morgan fingerprint density at radius 1 is 1.22 bits per heavy atom. The van der Waals surface area contributed by atoms with Crippen molar-refractivity contribution in [1.82, 2.24) is 5.43 Å². The number of carbonyl (C=O) groups is 1. The molecule has 0 bridgehead atoms. The number of anilines is 1. The molecule has 1 amide bonds. The maximum absolute atomic E-state index is 12.3. The third-order valence-electron chi connectivity index (χ3n) is 3.66. The van der Waals surface area contributed by atoms with Crippen molar-refractivity contribution in [3.8, 4) is 5.75 Å². The smallest absolute Gasteiger partial charge is 0.272 e. The van der Waals surface area contributed by atoms with Gasteiger partial charge in [0.05, 0.1) is 13.5 Å². The van der Waals surface area contributed by atoms with Gasteiger partial charge >= 0.3 is 0 Å². The van der Waals surface area contributed by atoms with Crippen molar-refractivity contribution in [3.05, 3.63) is 60.2 Å². The predicted molar refractivity (Wildman–Crippen MR) is 87.2 cm³/mol. The molecule has 3 rings (SSSR count). The Kier molecular flexibility index (Phi) is 3.99. The van der Waals surface area contributed by atoms with E-state index in [4.69, 9.17) is 4.74 Å². The number of benzene rings is 2. The summed E-state index contributed by atoms with van der Waals surface area (Å²) in [7, 11) is 1.58. The molecule has 23 heavy (non-hydrogen) atoms. The molecule has 0 aromatic heterocycles. The fourth-order valence-corrected chi connectivity index (χ4v) is 2.37. The highest BCUT2D eigenvalue weighted by Crippen LogP contribution is 2.27. The molecule has 0 spiro atoms. The number of methoxy groups -OCH3 is 1. The number of nitrogens with one attached hydrogen (secondary N) is 2. The number of nitrogens with zero attached hydrogens (tertiary/aromatic N) is 1. The number of ether oxygens (including phenoxy) is 1. The minimum atomic E-state index is -1.35. The quantitative estimate of drug-likeness (QED) is 0.804. The van der Waals surface area contributed by atoms with Gasteiger partial charge in [-0.1, -0.05) is 30.3 Å². The van der Waals surface area contributed by atoms with Gasteiger partial charge in [0.1, 0.15) is 11.5 Å². The number of hydrogen-bond donors (Lipinski definition) is 3. The number of hydrogen-bond acceptors (Lipinski definition) is 5. The van der Waals surface area contributed by atoms with E-state index in [9.17, 15) is 9.90 Å². The summed E-state index contributed by atoms with van der Waals surface area (Å²) < 4.78 is 5.07. The largest absolute Gasteiger partial charge is 0.497 e. The van der Waals surface area contributed by atoms with Crippen LogP contribution in [0.3, 0.4) is 0 Å². The van der Waals surface area contributed by atoms with Gasteiger partial charge in [0, 0.05) is 11.3 Å². The van der Waals surface area contributed by atoms with Crippen LogP contribution in [-0.4, -0.2) is 23.8 Å². The number of aliphatic hydroxyl groups is 1. The molecule has 1 aliphatic rings. The highest BCUT2D eigenvalue weighted by atomic mass is 16.5. The summed E-state index contributed by atoms with van der Waals surface area (Å²) in [6.07, 6.45) is 0.0962. The van der Waals surface area contributed by atoms with E-state index in [1.54, 1.807) is 43.5 Å². The lowest BCUT2D eigenvalue weighted by atomic mass is 9.98. The van der Waals surface area contributed by atoms with Gasteiger partial charge in [-0.3, -0.25) is 10.2 Å². The first-order chi connectivity index (χ1) is 11.1. The summed E-state index contributed by atoms with van der Waals surface area (Å²) in [5.41, 5.74) is 2.83. The van der Waals surface area contributed by atoms with Crippen LogP contribution < -0.4 is 15.5 Å². The zero-order valence-electron chi connectivity index (χ0n) is 12.6. The van der Waals surface area contributed by atoms with E-state index in [1.165, 1.54) is 0 Å². The van der Waals surface area contributed by atoms with Crippen molar-refractivity contribution >= 4 is 17.3 Å². The number of amides is 1. The van der Waals surface area contributed by atoms with Gasteiger partial charge in [0.15, 0.2) is 5.72 Å². The minimum Gasteiger partial charge on any atom is -0.497 e. The first kappa shape index (κ1) is 15.1. The van der Waals surface area contributed by atoms with Crippen LogP contribution in [0.2, 0.25) is 0 Å². The van der Waals surface area contributed by atoms with Crippen LogP contribution in [0.1, 0.15) is 12.0 Å². The zero-order chi connectivity index (χ0) is 16.3. The lowest BCUT2D eigenvalue weighted by Crippen LogP contribution is -2.36. The van der Waals surface area contributed by atoms with Crippen LogP contribution in [0.5, 0.6) is 5.75 Å². The van der Waals surface area contributed by atoms with Crippen molar-refractivity contribution < 1.29 is 14.6 Å². The van der Waals surface area contributed by atoms with Gasteiger partial charge in [-0.2, -0.15) is 5.10 Å². The first-order valence-corrected chi connectivity index (χ1v) is 7.18. The lowest BCUT2D eigenvalue weighted by Gasteiger charge is -2.22. The van der Waals surface area contributed by atoms with Gasteiger partial charge in [-0.25, -0.2) is 0 Å². The standard InChI is InChI=1S/C17H17N3O3/c1-23-14-9-7-13(8-10-14)18-16(21)15-11-17(22,20-19-15)12-5-3-2-4-6-12/h2-10,20,22H,11H2,1H3,(H,18,21). The molecule has 1 aliphatic heterocycles. The normalized spacial score (nSPS) is 19.7. The van der Waals surface area contributed by atoms with Crippen molar-refractivity contribution in [2.45, 2.75) is 12.1 Å². The predicted octanol–water partition coefficient (Wildman–Crippen LogP) is 1.83. The molecule has 1 atom stereocenters. The van der Waals surface area contributed by atoms with Crippen LogP contribution in [-0.2, 0) is 10.5 Å². The summed E-state index contributed by atoms with van der Waals surface area (Å²) in [5, 5.41) is 17.3. The van der Waals surface area contributed by atoms with Crippen LogP contribution in [0.15, 0.2) is 59.7 Å². The number of carbonyl (C=O) groups excluding carboxylic acids is 1. The third-order valence-corrected chi connectivity index (χ3v) is 3.66. The van der Waals surface area contributed by atoms with E-state index < -0.39 is 5.72 Å². The summed E-state index contributed by atoms with van der Waals surface area (Å²) in [4.78, 5) is 12.3. The van der Waals surface area contributed by atoms with Crippen LogP contribution in [0, 0.1) is 0 Å². The molecule has 2 aromatic carbocycles. The highest BCUT2D eigenvalue weighted by Gasteiger charge is 2.37. The van der Waals surface area contributed by atoms with E-state index in [0.717, 1.165) is 0 Å². The Morgan fingerprint density at radius 3 is 2.57 bits per heavy atom. The molecule has 0 saturated heterocycles. The molecule has 0 fully saturated rings. The van der Waals surface area contributed by atoms with Gasteiger partial charge in [0.25, 0.3) is 5.91 Å². The van der Waals surface area contributed by atoms with Crippen LogP contribution >= 0.6 is 0 Å². The van der Waals surface area contributed by atoms with Crippen LogP contribution in [0.25, 0.3) is 0 Å². The van der Waals surface area contributed by atoms with E-state index in [-0.39, 0.29) is 18.0 Å². The zero-order valence-corrected chi connectivity index (χ0v) is 12.6. The molecule has 6 nitrogen and oxygen atoms in total. The van der Waals surface area contributed by atoms with Gasteiger partial charge in [-0.05, 0) is 24.3 Å². The Labute approximate surface area is 133 Å². The maximum atomic E-state index is 12.3. The lowest BCUT2D eigenvalue weighted by molar-refractivity contribution is -0.110. The molecule has 0 saturated carbocycles. The third kappa shape index (κ3) is 3.17. The molecule has 1 unspecified atom stereocenters. The maximum Gasteiger partial charge on any atom is 0.272 e. The molecular formula is C17H17N3O3. The second-order valence-corrected chi connectivity index (χ2v) is 5.26. The molecule has 0 aliphatic carbocycles. The van der Waals surface area contributed by atoms with Crippen molar-refractivity contribution in [3.63, 3.8) is 0 Å².